The van der Waals surface area contributed by atoms with Crippen molar-refractivity contribution in [3.05, 3.63) is 65.7 Å². The molecule has 0 N–H and O–H groups in total. The van der Waals surface area contributed by atoms with E-state index < -0.39 is 17.5 Å². The van der Waals surface area contributed by atoms with Gasteiger partial charge >= 0.3 is 6.18 Å². The van der Waals surface area contributed by atoms with Crippen molar-refractivity contribution >= 4 is 5.78 Å². The third-order valence-corrected chi connectivity index (χ3v) is 2.87. The fourth-order valence-electron chi connectivity index (χ4n) is 1.89. The molecule has 0 amide bonds. The summed E-state index contributed by atoms with van der Waals surface area (Å²) in [5, 5.41) is 0. The number of benzene rings is 2. The van der Waals surface area contributed by atoms with Crippen molar-refractivity contribution in [1.82, 2.24) is 0 Å². The molecule has 0 aliphatic heterocycles. The van der Waals surface area contributed by atoms with Gasteiger partial charge in [0.1, 0.15) is 5.75 Å². The standard InChI is InChI=1S/C16H13F3O2/c17-16(18,19)14-9-5-4-8-13(14)15(20)10-11-21-12-6-2-1-3-7-12/h1-9H,10-11H2. The van der Waals surface area contributed by atoms with E-state index >= 15 is 0 Å². The first-order chi connectivity index (χ1) is 9.98. The summed E-state index contributed by atoms with van der Waals surface area (Å²) < 4.78 is 43.8. The molecule has 0 saturated carbocycles. The maximum Gasteiger partial charge on any atom is 0.417 e. The summed E-state index contributed by atoms with van der Waals surface area (Å²) in [5.74, 6) is -0.00624. The van der Waals surface area contributed by atoms with Gasteiger partial charge in [-0.25, -0.2) is 0 Å². The number of hydrogen-bond acceptors (Lipinski definition) is 2. The fraction of sp³-hybridized carbons (Fsp3) is 0.188. The van der Waals surface area contributed by atoms with E-state index in [9.17, 15) is 18.0 Å². The van der Waals surface area contributed by atoms with E-state index in [0.717, 1.165) is 6.07 Å². The van der Waals surface area contributed by atoms with Crippen LogP contribution in [0.4, 0.5) is 13.2 Å². The van der Waals surface area contributed by atoms with Gasteiger partial charge in [0.15, 0.2) is 5.78 Å². The van der Waals surface area contributed by atoms with Crippen molar-refractivity contribution in [3.63, 3.8) is 0 Å². The van der Waals surface area contributed by atoms with Crippen molar-refractivity contribution in [2.45, 2.75) is 12.6 Å². The zero-order valence-electron chi connectivity index (χ0n) is 11.1. The molecule has 0 saturated heterocycles. The number of hydrogen-bond donors (Lipinski definition) is 0. The van der Waals surface area contributed by atoms with Crippen LogP contribution in [0, 0.1) is 0 Å². The number of alkyl halides is 3. The number of Topliss-reactive ketones (excluding diaryl/α,β-unsaturated/α-hetero) is 1. The van der Waals surface area contributed by atoms with Crippen LogP contribution >= 0.6 is 0 Å². The van der Waals surface area contributed by atoms with Crippen LogP contribution in [-0.2, 0) is 6.18 Å². The Kier molecular flexibility index (Phi) is 4.62. The number of carbonyl (C=O) groups is 1. The lowest BCUT2D eigenvalue weighted by Gasteiger charge is -2.12. The Bertz CT molecular complexity index is 606. The molecule has 0 radical (unpaired) electrons. The maximum absolute atomic E-state index is 12.8. The van der Waals surface area contributed by atoms with Crippen LogP contribution in [-0.4, -0.2) is 12.4 Å². The van der Waals surface area contributed by atoms with Crippen LogP contribution in [0.2, 0.25) is 0 Å². The average molecular weight is 294 g/mol. The van der Waals surface area contributed by atoms with Gasteiger partial charge in [-0.2, -0.15) is 13.2 Å². The van der Waals surface area contributed by atoms with Gasteiger partial charge in [-0.15, -0.1) is 0 Å². The molecule has 0 aromatic heterocycles. The second kappa shape index (κ2) is 6.43. The van der Waals surface area contributed by atoms with Gasteiger partial charge in [0.25, 0.3) is 0 Å². The van der Waals surface area contributed by atoms with Gasteiger partial charge in [-0.1, -0.05) is 36.4 Å². The Morgan fingerprint density at radius 3 is 2.24 bits per heavy atom. The predicted octanol–water partition coefficient (Wildman–Crippen LogP) is 4.36. The highest BCUT2D eigenvalue weighted by atomic mass is 19.4. The number of halogens is 3. The molecule has 0 aliphatic rings. The van der Waals surface area contributed by atoms with Gasteiger partial charge in [0.05, 0.1) is 12.2 Å². The second-order valence-electron chi connectivity index (χ2n) is 4.38. The molecular weight excluding hydrogens is 281 g/mol. The maximum atomic E-state index is 12.8. The monoisotopic (exact) mass is 294 g/mol. The van der Waals surface area contributed by atoms with Gasteiger partial charge in [0.2, 0.25) is 0 Å². The highest BCUT2D eigenvalue weighted by molar-refractivity contribution is 5.97. The summed E-state index contributed by atoms with van der Waals surface area (Å²) in [6.45, 7) is 0.0367. The third-order valence-electron chi connectivity index (χ3n) is 2.87. The van der Waals surface area contributed by atoms with Gasteiger partial charge in [0, 0.05) is 12.0 Å². The topological polar surface area (TPSA) is 26.3 Å². The van der Waals surface area contributed by atoms with E-state index in [2.05, 4.69) is 0 Å². The van der Waals surface area contributed by atoms with Crippen molar-refractivity contribution < 1.29 is 22.7 Å². The Morgan fingerprint density at radius 1 is 0.952 bits per heavy atom. The van der Waals surface area contributed by atoms with E-state index in [1.54, 1.807) is 24.3 Å². The predicted molar refractivity (Wildman–Crippen MR) is 72.3 cm³/mol. The molecule has 2 aromatic rings. The van der Waals surface area contributed by atoms with Crippen LogP contribution < -0.4 is 4.74 Å². The third kappa shape index (κ3) is 4.08. The minimum absolute atomic E-state index is 0.0367. The van der Waals surface area contributed by atoms with Crippen LogP contribution in [0.1, 0.15) is 22.3 Å². The van der Waals surface area contributed by atoms with Crippen molar-refractivity contribution in [1.29, 1.82) is 0 Å². The molecule has 21 heavy (non-hydrogen) atoms. The summed E-state index contributed by atoms with van der Waals surface area (Å²) in [5.41, 5.74) is -1.23. The summed E-state index contributed by atoms with van der Waals surface area (Å²) in [6, 6.07) is 13.6. The Labute approximate surface area is 120 Å². The first-order valence-electron chi connectivity index (χ1n) is 6.36. The van der Waals surface area contributed by atoms with Crippen LogP contribution in [0.5, 0.6) is 5.75 Å². The van der Waals surface area contributed by atoms with Crippen molar-refractivity contribution in [2.24, 2.45) is 0 Å². The fourth-order valence-corrected chi connectivity index (χ4v) is 1.89. The highest BCUT2D eigenvalue weighted by Gasteiger charge is 2.34. The van der Waals surface area contributed by atoms with E-state index in [1.165, 1.54) is 18.2 Å². The minimum Gasteiger partial charge on any atom is -0.493 e. The molecule has 0 fully saturated rings. The zero-order valence-corrected chi connectivity index (χ0v) is 11.1. The highest BCUT2D eigenvalue weighted by Crippen LogP contribution is 2.32. The van der Waals surface area contributed by atoms with Gasteiger partial charge in [-0.3, -0.25) is 4.79 Å². The Morgan fingerprint density at radius 2 is 1.57 bits per heavy atom. The lowest BCUT2D eigenvalue weighted by molar-refractivity contribution is -0.137. The number of rotatable bonds is 5. The molecule has 2 aromatic carbocycles. The van der Waals surface area contributed by atoms with E-state index in [1.807, 2.05) is 6.07 Å². The molecule has 5 heteroatoms. The number of ketones is 1. The SMILES string of the molecule is O=C(CCOc1ccccc1)c1ccccc1C(F)(F)F. The Balaban J connectivity index is 2.01. The number of para-hydroxylation sites is 1. The van der Waals surface area contributed by atoms with Crippen LogP contribution in [0.15, 0.2) is 54.6 Å². The molecule has 110 valence electrons. The summed E-state index contributed by atoms with van der Waals surface area (Å²) in [6.07, 6.45) is -4.64. The van der Waals surface area contributed by atoms with Crippen LogP contribution in [0.3, 0.4) is 0 Å². The molecule has 2 rings (SSSR count). The molecule has 0 atom stereocenters. The Hall–Kier alpha value is -2.30. The van der Waals surface area contributed by atoms with E-state index in [4.69, 9.17) is 4.74 Å². The lowest BCUT2D eigenvalue weighted by atomic mass is 10.0. The molecular formula is C16H13F3O2. The first-order valence-corrected chi connectivity index (χ1v) is 6.36. The molecule has 0 spiro atoms. The summed E-state index contributed by atoms with van der Waals surface area (Å²) >= 11 is 0. The zero-order chi connectivity index (χ0) is 15.3. The number of carbonyl (C=O) groups excluding carboxylic acids is 1. The normalized spacial score (nSPS) is 11.2. The van der Waals surface area contributed by atoms with Crippen molar-refractivity contribution in [2.75, 3.05) is 6.61 Å². The minimum atomic E-state index is -4.54. The molecule has 0 aliphatic carbocycles. The van der Waals surface area contributed by atoms with Crippen molar-refractivity contribution in [3.8, 4) is 5.75 Å². The molecule has 0 heterocycles. The van der Waals surface area contributed by atoms with Gasteiger partial charge in [-0.05, 0) is 18.2 Å². The van der Waals surface area contributed by atoms with Gasteiger partial charge < -0.3 is 4.74 Å². The summed E-state index contributed by atoms with van der Waals surface area (Å²) in [7, 11) is 0. The molecule has 0 unspecified atom stereocenters. The molecule has 0 bridgehead atoms. The van der Waals surface area contributed by atoms with E-state index in [0.29, 0.717) is 5.75 Å². The first kappa shape index (κ1) is 15.1. The lowest BCUT2D eigenvalue weighted by Crippen LogP contribution is -2.14. The van der Waals surface area contributed by atoms with Crippen LogP contribution in [0.25, 0.3) is 0 Å². The second-order valence-corrected chi connectivity index (χ2v) is 4.38. The quantitative estimate of drug-likeness (QED) is 0.766. The number of ether oxygens (including phenoxy) is 1. The average Bonchev–Trinajstić information content (AvgIpc) is 2.47. The smallest absolute Gasteiger partial charge is 0.417 e. The summed E-state index contributed by atoms with van der Waals surface area (Å²) in [4.78, 5) is 11.9. The van der Waals surface area contributed by atoms with E-state index in [-0.39, 0.29) is 18.6 Å². The largest absolute Gasteiger partial charge is 0.493 e. The molecule has 2 nitrogen and oxygen atoms in total.